The molecule has 2 heterocycles. The Labute approximate surface area is 106 Å². The van der Waals surface area contributed by atoms with Gasteiger partial charge in [0.25, 0.3) is 0 Å². The lowest BCUT2D eigenvalue weighted by Gasteiger charge is -2.16. The van der Waals surface area contributed by atoms with Crippen molar-refractivity contribution in [1.82, 2.24) is 20.3 Å². The van der Waals surface area contributed by atoms with Gasteiger partial charge in [-0.3, -0.25) is 4.79 Å². The van der Waals surface area contributed by atoms with Crippen LogP contribution in [0.5, 0.6) is 6.01 Å². The quantitative estimate of drug-likeness (QED) is 0.818. The van der Waals surface area contributed by atoms with Gasteiger partial charge in [0.1, 0.15) is 0 Å². The number of amides is 1. The van der Waals surface area contributed by atoms with E-state index < -0.39 is 0 Å². The predicted octanol–water partition coefficient (Wildman–Crippen LogP) is 0.116. The molecule has 1 fully saturated rings. The van der Waals surface area contributed by atoms with Crippen LogP contribution in [0.15, 0.2) is 0 Å². The van der Waals surface area contributed by atoms with Crippen LogP contribution in [0.3, 0.4) is 0 Å². The second-order valence-electron chi connectivity index (χ2n) is 4.14. The third-order valence-electron chi connectivity index (χ3n) is 2.72. The zero-order chi connectivity index (χ0) is 13.0. The minimum atomic E-state index is -0.114. The molecule has 0 spiro atoms. The van der Waals surface area contributed by atoms with E-state index in [0.717, 1.165) is 25.9 Å². The summed E-state index contributed by atoms with van der Waals surface area (Å²) in [7, 11) is 1.52. The van der Waals surface area contributed by atoms with Crippen LogP contribution in [0.2, 0.25) is 0 Å². The molecule has 7 heteroatoms. The second kappa shape index (κ2) is 5.61. The lowest BCUT2D eigenvalue weighted by atomic mass is 10.4. The Balaban J connectivity index is 2.18. The van der Waals surface area contributed by atoms with Crippen LogP contribution < -0.4 is 15.0 Å². The van der Waals surface area contributed by atoms with Gasteiger partial charge in [0.15, 0.2) is 5.82 Å². The van der Waals surface area contributed by atoms with Crippen LogP contribution in [0.25, 0.3) is 0 Å². The fraction of sp³-hybridized carbons (Fsp3) is 0.636. The summed E-state index contributed by atoms with van der Waals surface area (Å²) in [5.74, 6) is 1.02. The Morgan fingerprint density at radius 3 is 2.67 bits per heavy atom. The monoisotopic (exact) mass is 251 g/mol. The van der Waals surface area contributed by atoms with Crippen molar-refractivity contribution in [2.24, 2.45) is 0 Å². The molecule has 7 nitrogen and oxygen atoms in total. The van der Waals surface area contributed by atoms with Gasteiger partial charge in [-0.15, -0.1) is 0 Å². The molecular formula is C11H17N5O2. The van der Waals surface area contributed by atoms with Gasteiger partial charge in [0.05, 0.1) is 13.7 Å². The summed E-state index contributed by atoms with van der Waals surface area (Å²) in [6.07, 6.45) is 2.30. The fourth-order valence-electron chi connectivity index (χ4n) is 1.82. The smallest absolute Gasteiger partial charge is 0.321 e. The first kappa shape index (κ1) is 12.5. The molecule has 1 aromatic heterocycles. The Bertz CT molecular complexity index is 431. The van der Waals surface area contributed by atoms with E-state index >= 15 is 0 Å². The first-order valence-electron chi connectivity index (χ1n) is 5.97. The summed E-state index contributed by atoms with van der Waals surface area (Å²) in [4.78, 5) is 25.7. The Morgan fingerprint density at radius 2 is 2.06 bits per heavy atom. The maximum Gasteiger partial charge on any atom is 0.321 e. The molecule has 2 rings (SSSR count). The van der Waals surface area contributed by atoms with Crippen molar-refractivity contribution < 1.29 is 9.53 Å². The number of hydrogen-bond acceptors (Lipinski definition) is 6. The average molecular weight is 251 g/mol. The molecule has 0 saturated carbocycles. The molecule has 1 aromatic rings. The molecule has 0 radical (unpaired) electrons. The van der Waals surface area contributed by atoms with Crippen LogP contribution in [-0.2, 0) is 11.3 Å². The van der Waals surface area contributed by atoms with Crippen molar-refractivity contribution in [1.29, 1.82) is 0 Å². The van der Waals surface area contributed by atoms with Crippen molar-refractivity contribution in [2.75, 3.05) is 25.1 Å². The second-order valence-corrected chi connectivity index (χ2v) is 4.14. The molecule has 0 unspecified atom stereocenters. The van der Waals surface area contributed by atoms with Gasteiger partial charge in [-0.25, -0.2) is 0 Å². The lowest BCUT2D eigenvalue weighted by molar-refractivity contribution is -0.119. The van der Waals surface area contributed by atoms with Gasteiger partial charge in [-0.1, -0.05) is 0 Å². The Hall–Kier alpha value is -1.92. The molecular weight excluding hydrogens is 234 g/mol. The van der Waals surface area contributed by atoms with Gasteiger partial charge >= 0.3 is 6.01 Å². The average Bonchev–Trinajstić information content (AvgIpc) is 2.89. The number of nitrogens with zero attached hydrogens (tertiary/aromatic N) is 4. The summed E-state index contributed by atoms with van der Waals surface area (Å²) in [6.45, 7) is 3.65. The van der Waals surface area contributed by atoms with E-state index in [9.17, 15) is 4.79 Å². The maximum atomic E-state index is 10.9. The van der Waals surface area contributed by atoms with E-state index in [1.165, 1.54) is 14.0 Å². The highest BCUT2D eigenvalue weighted by molar-refractivity contribution is 5.72. The molecule has 1 aliphatic rings. The molecule has 1 saturated heterocycles. The fourth-order valence-corrected chi connectivity index (χ4v) is 1.82. The normalized spacial score (nSPS) is 14.7. The van der Waals surface area contributed by atoms with Gasteiger partial charge < -0.3 is 15.0 Å². The van der Waals surface area contributed by atoms with Crippen LogP contribution in [0.4, 0.5) is 5.95 Å². The molecule has 18 heavy (non-hydrogen) atoms. The molecule has 0 aliphatic carbocycles. The first-order valence-corrected chi connectivity index (χ1v) is 5.97. The first-order chi connectivity index (χ1) is 8.69. The number of hydrogen-bond donors (Lipinski definition) is 1. The third-order valence-corrected chi connectivity index (χ3v) is 2.72. The van der Waals surface area contributed by atoms with Crippen LogP contribution >= 0.6 is 0 Å². The lowest BCUT2D eigenvalue weighted by Crippen LogP contribution is -2.24. The van der Waals surface area contributed by atoms with Crippen molar-refractivity contribution in [2.45, 2.75) is 26.3 Å². The van der Waals surface area contributed by atoms with Crippen molar-refractivity contribution >= 4 is 11.9 Å². The van der Waals surface area contributed by atoms with Gasteiger partial charge in [0, 0.05) is 20.0 Å². The third kappa shape index (κ3) is 3.06. The number of anilines is 1. The van der Waals surface area contributed by atoms with Gasteiger partial charge in [-0.2, -0.15) is 15.0 Å². The largest absolute Gasteiger partial charge is 0.467 e. The highest BCUT2D eigenvalue weighted by Crippen LogP contribution is 2.17. The van der Waals surface area contributed by atoms with Crippen molar-refractivity contribution in [3.05, 3.63) is 5.82 Å². The molecule has 0 atom stereocenters. The minimum absolute atomic E-state index is 0.114. The van der Waals surface area contributed by atoms with Gasteiger partial charge in [-0.05, 0) is 12.8 Å². The number of rotatable bonds is 4. The van der Waals surface area contributed by atoms with Gasteiger partial charge in [0.2, 0.25) is 11.9 Å². The van der Waals surface area contributed by atoms with E-state index in [4.69, 9.17) is 4.74 Å². The predicted molar refractivity (Wildman–Crippen MR) is 65.3 cm³/mol. The molecule has 1 aliphatic heterocycles. The van der Waals surface area contributed by atoms with E-state index in [2.05, 4.69) is 25.2 Å². The summed E-state index contributed by atoms with van der Waals surface area (Å²) in [6, 6.07) is 0.284. The molecule has 1 amide bonds. The maximum absolute atomic E-state index is 10.9. The van der Waals surface area contributed by atoms with E-state index in [1.54, 1.807) is 0 Å². The topological polar surface area (TPSA) is 80.2 Å². The minimum Gasteiger partial charge on any atom is -0.467 e. The summed E-state index contributed by atoms with van der Waals surface area (Å²) in [5, 5.41) is 2.67. The molecule has 0 aromatic carbocycles. The number of aromatic nitrogens is 3. The molecule has 98 valence electrons. The van der Waals surface area contributed by atoms with E-state index in [-0.39, 0.29) is 18.5 Å². The van der Waals surface area contributed by atoms with E-state index in [1.807, 2.05) is 0 Å². The number of methoxy groups -OCH3 is 1. The van der Waals surface area contributed by atoms with Crippen molar-refractivity contribution in [3.8, 4) is 6.01 Å². The summed E-state index contributed by atoms with van der Waals surface area (Å²) < 4.78 is 5.06. The standard InChI is InChI=1S/C11H17N5O2/c1-8(17)12-7-9-13-10(15-11(14-9)18-2)16-5-3-4-6-16/h3-7H2,1-2H3,(H,12,17). The zero-order valence-corrected chi connectivity index (χ0v) is 10.6. The number of carbonyl (C=O) groups excluding carboxylic acids is 1. The highest BCUT2D eigenvalue weighted by Gasteiger charge is 2.17. The Kier molecular flexibility index (Phi) is 3.91. The SMILES string of the molecule is COc1nc(CNC(C)=O)nc(N2CCCC2)n1. The zero-order valence-electron chi connectivity index (χ0n) is 10.6. The number of carbonyl (C=O) groups is 1. The number of nitrogens with one attached hydrogen (secondary N) is 1. The number of ether oxygens (including phenoxy) is 1. The van der Waals surface area contributed by atoms with E-state index in [0.29, 0.717) is 11.8 Å². The van der Waals surface area contributed by atoms with Crippen LogP contribution in [0, 0.1) is 0 Å². The Morgan fingerprint density at radius 1 is 1.33 bits per heavy atom. The van der Waals surface area contributed by atoms with Crippen LogP contribution in [-0.4, -0.2) is 41.1 Å². The van der Waals surface area contributed by atoms with Crippen molar-refractivity contribution in [3.63, 3.8) is 0 Å². The molecule has 0 bridgehead atoms. The summed E-state index contributed by atoms with van der Waals surface area (Å²) >= 11 is 0. The van der Waals surface area contributed by atoms with Crippen LogP contribution in [0.1, 0.15) is 25.6 Å². The summed E-state index contributed by atoms with van der Waals surface area (Å²) in [5.41, 5.74) is 0. The molecule has 1 N–H and O–H groups in total. The highest BCUT2D eigenvalue weighted by atomic mass is 16.5.